The van der Waals surface area contributed by atoms with Crippen molar-refractivity contribution in [2.45, 2.75) is 5.03 Å². The molecule has 1 N–H and O–H groups in total. The van der Waals surface area contributed by atoms with E-state index in [4.69, 9.17) is 16.0 Å². The van der Waals surface area contributed by atoms with E-state index in [1.807, 2.05) is 24.3 Å². The smallest absolute Gasteiger partial charge is 0.234 e. The fourth-order valence-electron chi connectivity index (χ4n) is 2.47. The number of halogens is 1. The molecule has 27 heavy (non-hydrogen) atoms. The molecule has 0 atom stereocenters. The lowest BCUT2D eigenvalue weighted by atomic mass is 10.2. The van der Waals surface area contributed by atoms with Gasteiger partial charge in [-0.2, -0.15) is 0 Å². The number of hydrogen-bond acceptors (Lipinski definition) is 6. The minimum Gasteiger partial charge on any atom is -0.461 e. The molecule has 3 heterocycles. The summed E-state index contributed by atoms with van der Waals surface area (Å²) >= 11 is 7.30. The van der Waals surface area contributed by atoms with Crippen LogP contribution in [-0.2, 0) is 4.79 Å². The third kappa shape index (κ3) is 3.94. The highest BCUT2D eigenvalue weighted by Crippen LogP contribution is 2.28. The zero-order valence-corrected chi connectivity index (χ0v) is 15.5. The summed E-state index contributed by atoms with van der Waals surface area (Å²) in [6.45, 7) is 0. The van der Waals surface area contributed by atoms with E-state index in [-0.39, 0.29) is 16.8 Å². The molecule has 0 saturated carbocycles. The third-order valence-electron chi connectivity index (χ3n) is 3.68. The minimum absolute atomic E-state index is 0.170. The van der Waals surface area contributed by atoms with E-state index in [1.54, 1.807) is 36.7 Å². The maximum absolute atomic E-state index is 12.3. The molecule has 8 heteroatoms. The molecule has 0 aliphatic heterocycles. The summed E-state index contributed by atoms with van der Waals surface area (Å²) in [5.41, 5.74) is 1.27. The van der Waals surface area contributed by atoms with E-state index in [1.165, 1.54) is 11.8 Å². The summed E-state index contributed by atoms with van der Waals surface area (Å²) in [5, 5.41) is 4.60. The number of carbonyl (C=O) groups excluding carboxylic acids is 1. The van der Waals surface area contributed by atoms with Crippen molar-refractivity contribution in [1.82, 2.24) is 15.0 Å². The number of hydrogen-bond donors (Lipinski definition) is 1. The second-order valence-electron chi connectivity index (χ2n) is 5.53. The second-order valence-corrected chi connectivity index (χ2v) is 6.85. The van der Waals surface area contributed by atoms with Gasteiger partial charge in [0.2, 0.25) is 5.91 Å². The molecular formula is C19H13ClN4O2S. The molecule has 0 saturated heterocycles. The van der Waals surface area contributed by atoms with E-state index in [9.17, 15) is 4.79 Å². The second kappa shape index (κ2) is 7.77. The van der Waals surface area contributed by atoms with Gasteiger partial charge in [-0.1, -0.05) is 41.6 Å². The monoisotopic (exact) mass is 396 g/mol. The number of thioether (sulfide) groups is 1. The van der Waals surface area contributed by atoms with Gasteiger partial charge in [0.05, 0.1) is 23.2 Å². The van der Waals surface area contributed by atoms with Gasteiger partial charge in [-0.3, -0.25) is 4.79 Å². The van der Waals surface area contributed by atoms with Crippen molar-refractivity contribution in [2.75, 3.05) is 11.1 Å². The molecular weight excluding hydrogens is 384 g/mol. The average molecular weight is 397 g/mol. The molecule has 0 spiro atoms. The first kappa shape index (κ1) is 17.5. The van der Waals surface area contributed by atoms with Gasteiger partial charge >= 0.3 is 0 Å². The van der Waals surface area contributed by atoms with Crippen LogP contribution in [0.25, 0.3) is 22.5 Å². The number of rotatable bonds is 5. The standard InChI is InChI=1S/C19H13ClN4O2S/c20-17-14(7-3-9-21-17)22-16(25)11-27-19-12-5-1-2-6-13(12)23-18(24-19)15-8-4-10-26-15/h1-10H,11H2,(H,22,25). The molecule has 1 aromatic carbocycles. The van der Waals surface area contributed by atoms with E-state index in [0.717, 1.165) is 10.9 Å². The van der Waals surface area contributed by atoms with Crippen LogP contribution >= 0.6 is 23.4 Å². The Kier molecular flexibility index (Phi) is 5.04. The van der Waals surface area contributed by atoms with E-state index in [2.05, 4.69) is 20.3 Å². The van der Waals surface area contributed by atoms with Crippen molar-refractivity contribution in [2.24, 2.45) is 0 Å². The Morgan fingerprint density at radius 2 is 2.00 bits per heavy atom. The van der Waals surface area contributed by atoms with Crippen LogP contribution in [0.5, 0.6) is 0 Å². The van der Waals surface area contributed by atoms with Gasteiger partial charge in [-0.05, 0) is 30.3 Å². The molecule has 0 radical (unpaired) electrons. The molecule has 4 aromatic rings. The fraction of sp³-hybridized carbons (Fsp3) is 0.0526. The van der Waals surface area contributed by atoms with Gasteiger partial charge in [0.25, 0.3) is 0 Å². The first-order valence-electron chi connectivity index (χ1n) is 8.04. The molecule has 0 bridgehead atoms. The number of furan rings is 1. The number of nitrogens with zero attached hydrogens (tertiary/aromatic N) is 3. The van der Waals surface area contributed by atoms with Crippen LogP contribution in [0.4, 0.5) is 5.69 Å². The third-order valence-corrected chi connectivity index (χ3v) is 4.98. The van der Waals surface area contributed by atoms with Crippen LogP contribution in [0.2, 0.25) is 5.15 Å². The number of benzene rings is 1. The molecule has 0 aliphatic carbocycles. The van der Waals surface area contributed by atoms with E-state index >= 15 is 0 Å². The Labute approximate surface area is 164 Å². The number of carbonyl (C=O) groups is 1. The summed E-state index contributed by atoms with van der Waals surface area (Å²) < 4.78 is 5.41. The van der Waals surface area contributed by atoms with Crippen molar-refractivity contribution >= 4 is 45.9 Å². The van der Waals surface area contributed by atoms with Gasteiger partial charge in [0.15, 0.2) is 16.7 Å². The Hall–Kier alpha value is -2.90. The predicted octanol–water partition coefficient (Wildman–Crippen LogP) is 4.67. The zero-order valence-electron chi connectivity index (χ0n) is 13.9. The van der Waals surface area contributed by atoms with Gasteiger partial charge in [0.1, 0.15) is 5.03 Å². The molecule has 134 valence electrons. The highest BCUT2D eigenvalue weighted by molar-refractivity contribution is 8.00. The molecule has 1 amide bonds. The van der Waals surface area contributed by atoms with E-state index < -0.39 is 0 Å². The largest absolute Gasteiger partial charge is 0.461 e. The Balaban J connectivity index is 1.58. The SMILES string of the molecule is O=C(CSc1nc(-c2ccco2)nc2ccccc12)Nc1cccnc1Cl. The van der Waals surface area contributed by atoms with Gasteiger partial charge < -0.3 is 9.73 Å². The van der Waals surface area contributed by atoms with Crippen molar-refractivity contribution in [3.63, 3.8) is 0 Å². The molecule has 0 fully saturated rings. The maximum Gasteiger partial charge on any atom is 0.234 e. The fourth-order valence-corrected chi connectivity index (χ4v) is 3.46. The summed E-state index contributed by atoms with van der Waals surface area (Å²) in [6, 6.07) is 14.7. The number of pyridine rings is 1. The lowest BCUT2D eigenvalue weighted by molar-refractivity contribution is -0.113. The average Bonchev–Trinajstić information content (AvgIpc) is 3.22. The van der Waals surface area contributed by atoms with Gasteiger partial charge in [-0.15, -0.1) is 0 Å². The maximum atomic E-state index is 12.3. The lowest BCUT2D eigenvalue weighted by Gasteiger charge is -2.08. The molecule has 6 nitrogen and oxygen atoms in total. The number of fused-ring (bicyclic) bond motifs is 1. The summed E-state index contributed by atoms with van der Waals surface area (Å²) in [7, 11) is 0. The Morgan fingerprint density at radius 3 is 2.81 bits per heavy atom. The van der Waals surface area contributed by atoms with Crippen LogP contribution in [0.3, 0.4) is 0 Å². The van der Waals surface area contributed by atoms with Gasteiger partial charge in [-0.25, -0.2) is 15.0 Å². The Morgan fingerprint density at radius 1 is 1.11 bits per heavy atom. The highest BCUT2D eigenvalue weighted by Gasteiger charge is 2.13. The Bertz CT molecular complexity index is 1100. The number of nitrogens with one attached hydrogen (secondary N) is 1. The van der Waals surface area contributed by atoms with E-state index in [0.29, 0.717) is 22.3 Å². The summed E-state index contributed by atoms with van der Waals surface area (Å²) in [6.07, 6.45) is 3.14. The molecule has 4 rings (SSSR count). The van der Waals surface area contributed by atoms with Crippen molar-refractivity contribution in [3.8, 4) is 11.6 Å². The zero-order chi connectivity index (χ0) is 18.6. The van der Waals surface area contributed by atoms with Crippen LogP contribution in [0.1, 0.15) is 0 Å². The number of anilines is 1. The minimum atomic E-state index is -0.197. The summed E-state index contributed by atoms with van der Waals surface area (Å²) in [4.78, 5) is 25.4. The number of para-hydroxylation sites is 1. The van der Waals surface area contributed by atoms with Crippen molar-refractivity contribution in [3.05, 3.63) is 66.1 Å². The lowest BCUT2D eigenvalue weighted by Crippen LogP contribution is -2.14. The van der Waals surface area contributed by atoms with Gasteiger partial charge in [0, 0.05) is 11.6 Å². The number of aromatic nitrogens is 3. The normalized spacial score (nSPS) is 10.9. The van der Waals surface area contributed by atoms with Crippen LogP contribution in [-0.4, -0.2) is 26.6 Å². The van der Waals surface area contributed by atoms with Crippen molar-refractivity contribution in [1.29, 1.82) is 0 Å². The van der Waals surface area contributed by atoms with Crippen LogP contribution < -0.4 is 5.32 Å². The van der Waals surface area contributed by atoms with Crippen molar-refractivity contribution < 1.29 is 9.21 Å². The first-order chi connectivity index (χ1) is 13.2. The van der Waals surface area contributed by atoms with Crippen LogP contribution in [0.15, 0.2) is 70.4 Å². The number of amides is 1. The topological polar surface area (TPSA) is 80.9 Å². The molecule has 0 aliphatic rings. The molecule has 0 unspecified atom stereocenters. The molecule has 3 aromatic heterocycles. The quantitative estimate of drug-likeness (QED) is 0.300. The predicted molar refractivity (Wildman–Crippen MR) is 106 cm³/mol. The summed E-state index contributed by atoms with van der Waals surface area (Å²) in [5.74, 6) is 1.03. The highest BCUT2D eigenvalue weighted by atomic mass is 35.5. The van der Waals surface area contributed by atoms with Crippen LogP contribution in [0, 0.1) is 0 Å². The first-order valence-corrected chi connectivity index (χ1v) is 9.41.